The minimum atomic E-state index is -0.203. The van der Waals surface area contributed by atoms with Gasteiger partial charge < -0.3 is 24.8 Å². The van der Waals surface area contributed by atoms with E-state index in [0.717, 1.165) is 32.1 Å². The molecule has 1 N–H and O–H groups in total. The second kappa shape index (κ2) is 12.6. The standard InChI is InChI=1S/C18H35N5O2.HI/c1-4-8-21-9-7-16(15-21)14-20-17(19-5-2)22-10-12-23(13-11-22)18(24)25-6-3;/h16H,4-15H2,1-3H3,(H,19,20);1H. The Hall–Kier alpha value is -0.770. The number of hydrogen-bond donors (Lipinski definition) is 1. The van der Waals surface area contributed by atoms with Crippen LogP contribution in [0.15, 0.2) is 4.99 Å². The Labute approximate surface area is 175 Å². The van der Waals surface area contributed by atoms with Gasteiger partial charge in [0.05, 0.1) is 6.61 Å². The van der Waals surface area contributed by atoms with Gasteiger partial charge >= 0.3 is 6.09 Å². The van der Waals surface area contributed by atoms with Crippen LogP contribution in [0.5, 0.6) is 0 Å². The average molecular weight is 481 g/mol. The summed E-state index contributed by atoms with van der Waals surface area (Å²) >= 11 is 0. The fourth-order valence-electron chi connectivity index (χ4n) is 3.54. The normalized spacial score (nSPS) is 21.5. The Morgan fingerprint density at radius 1 is 1.12 bits per heavy atom. The maximum Gasteiger partial charge on any atom is 0.409 e. The SMILES string of the molecule is CCCN1CCC(CN=C(NCC)N2CCN(C(=O)OCC)CC2)C1.I. The summed E-state index contributed by atoms with van der Waals surface area (Å²) in [6, 6.07) is 0. The highest BCUT2D eigenvalue weighted by molar-refractivity contribution is 14.0. The quantitative estimate of drug-likeness (QED) is 0.358. The molecule has 8 heteroatoms. The van der Waals surface area contributed by atoms with Crippen molar-refractivity contribution in [1.82, 2.24) is 20.0 Å². The number of guanidine groups is 1. The molecule has 2 fully saturated rings. The molecule has 7 nitrogen and oxygen atoms in total. The van der Waals surface area contributed by atoms with Crippen LogP contribution in [0.4, 0.5) is 4.79 Å². The molecule has 1 atom stereocenters. The molecule has 1 amide bonds. The monoisotopic (exact) mass is 481 g/mol. The number of halogens is 1. The van der Waals surface area contributed by atoms with E-state index in [1.165, 1.54) is 32.5 Å². The average Bonchev–Trinajstić information content (AvgIpc) is 3.07. The van der Waals surface area contributed by atoms with Gasteiger partial charge in [0, 0.05) is 45.8 Å². The molecule has 152 valence electrons. The molecule has 0 aliphatic carbocycles. The number of hydrogen-bond acceptors (Lipinski definition) is 4. The Kier molecular flexibility index (Phi) is 11.3. The molecule has 1 unspecified atom stereocenters. The molecule has 2 rings (SSSR count). The Bertz CT molecular complexity index is 441. The van der Waals surface area contributed by atoms with Crippen LogP contribution >= 0.6 is 24.0 Å². The number of piperazine rings is 1. The summed E-state index contributed by atoms with van der Waals surface area (Å²) < 4.78 is 5.09. The number of nitrogens with zero attached hydrogens (tertiary/aromatic N) is 4. The van der Waals surface area contributed by atoms with E-state index < -0.39 is 0 Å². The maximum absolute atomic E-state index is 11.8. The first kappa shape index (κ1) is 23.3. The van der Waals surface area contributed by atoms with Gasteiger partial charge in [0.25, 0.3) is 0 Å². The van der Waals surface area contributed by atoms with Crippen LogP contribution in [-0.4, -0.2) is 92.3 Å². The number of aliphatic imine (C=N–C) groups is 1. The van der Waals surface area contributed by atoms with E-state index in [9.17, 15) is 4.79 Å². The molecular weight excluding hydrogens is 445 g/mol. The number of likely N-dealkylation sites (tertiary alicyclic amines) is 1. The number of amides is 1. The first-order chi connectivity index (χ1) is 12.2. The van der Waals surface area contributed by atoms with Gasteiger partial charge in [0.1, 0.15) is 0 Å². The van der Waals surface area contributed by atoms with E-state index in [1.54, 1.807) is 4.90 Å². The number of carbonyl (C=O) groups excluding carboxylic acids is 1. The topological polar surface area (TPSA) is 60.4 Å². The first-order valence-electron chi connectivity index (χ1n) is 9.85. The van der Waals surface area contributed by atoms with Gasteiger partial charge in [0.2, 0.25) is 0 Å². The highest BCUT2D eigenvalue weighted by Gasteiger charge is 2.25. The van der Waals surface area contributed by atoms with Gasteiger partial charge in [-0.05, 0) is 45.7 Å². The zero-order valence-corrected chi connectivity index (χ0v) is 18.9. The lowest BCUT2D eigenvalue weighted by Gasteiger charge is -2.36. The number of rotatable bonds is 6. The van der Waals surface area contributed by atoms with E-state index in [2.05, 4.69) is 29.0 Å². The van der Waals surface area contributed by atoms with Crippen LogP contribution in [0.3, 0.4) is 0 Å². The minimum absolute atomic E-state index is 0. The largest absolute Gasteiger partial charge is 0.450 e. The molecular formula is C18H36IN5O2. The molecule has 0 saturated carbocycles. The molecule has 0 aromatic heterocycles. The van der Waals surface area contributed by atoms with Crippen molar-refractivity contribution >= 4 is 36.0 Å². The lowest BCUT2D eigenvalue weighted by Crippen LogP contribution is -2.54. The second-order valence-corrected chi connectivity index (χ2v) is 6.82. The molecule has 26 heavy (non-hydrogen) atoms. The summed E-state index contributed by atoms with van der Waals surface area (Å²) in [5.74, 6) is 1.65. The third-order valence-corrected chi connectivity index (χ3v) is 4.85. The molecule has 0 spiro atoms. The lowest BCUT2D eigenvalue weighted by molar-refractivity contribution is 0.0914. The van der Waals surface area contributed by atoms with Crippen LogP contribution in [0.25, 0.3) is 0 Å². The van der Waals surface area contributed by atoms with Gasteiger partial charge in [-0.3, -0.25) is 4.99 Å². The van der Waals surface area contributed by atoms with Crippen LogP contribution in [0, 0.1) is 5.92 Å². The van der Waals surface area contributed by atoms with Gasteiger partial charge in [-0.25, -0.2) is 4.79 Å². The van der Waals surface area contributed by atoms with Crippen molar-refractivity contribution in [2.45, 2.75) is 33.6 Å². The van der Waals surface area contributed by atoms with Crippen LogP contribution < -0.4 is 5.32 Å². The zero-order chi connectivity index (χ0) is 18.1. The Morgan fingerprint density at radius 2 is 1.81 bits per heavy atom. The van der Waals surface area contributed by atoms with E-state index in [0.29, 0.717) is 25.6 Å². The minimum Gasteiger partial charge on any atom is -0.450 e. The lowest BCUT2D eigenvalue weighted by atomic mass is 10.1. The Morgan fingerprint density at radius 3 is 2.42 bits per heavy atom. The highest BCUT2D eigenvalue weighted by atomic mass is 127. The van der Waals surface area contributed by atoms with Gasteiger partial charge in [0.15, 0.2) is 5.96 Å². The molecule has 2 aliphatic rings. The predicted molar refractivity (Wildman–Crippen MR) is 116 cm³/mol. The molecule has 2 aliphatic heterocycles. The Balaban J connectivity index is 0.00000338. The molecule has 0 bridgehead atoms. The van der Waals surface area contributed by atoms with Crippen molar-refractivity contribution in [2.24, 2.45) is 10.9 Å². The fourth-order valence-corrected chi connectivity index (χ4v) is 3.54. The number of carbonyl (C=O) groups is 1. The predicted octanol–water partition coefficient (Wildman–Crippen LogP) is 2.08. The summed E-state index contributed by atoms with van der Waals surface area (Å²) in [5.41, 5.74) is 0. The summed E-state index contributed by atoms with van der Waals surface area (Å²) in [6.07, 6.45) is 2.27. The van der Waals surface area contributed by atoms with E-state index >= 15 is 0 Å². The highest BCUT2D eigenvalue weighted by Crippen LogP contribution is 2.16. The third kappa shape index (κ3) is 7.09. The second-order valence-electron chi connectivity index (χ2n) is 6.82. The van der Waals surface area contributed by atoms with Crippen molar-refractivity contribution in [3.8, 4) is 0 Å². The summed E-state index contributed by atoms with van der Waals surface area (Å²) in [4.78, 5) is 23.3. The summed E-state index contributed by atoms with van der Waals surface area (Å²) in [7, 11) is 0. The van der Waals surface area contributed by atoms with Crippen molar-refractivity contribution < 1.29 is 9.53 Å². The van der Waals surface area contributed by atoms with Crippen molar-refractivity contribution in [3.63, 3.8) is 0 Å². The van der Waals surface area contributed by atoms with Crippen molar-refractivity contribution in [1.29, 1.82) is 0 Å². The fraction of sp³-hybridized carbons (Fsp3) is 0.889. The van der Waals surface area contributed by atoms with E-state index in [1.807, 2.05) is 6.92 Å². The molecule has 0 aromatic rings. The summed E-state index contributed by atoms with van der Waals surface area (Å²) in [5, 5.41) is 3.41. The van der Waals surface area contributed by atoms with Crippen LogP contribution in [-0.2, 0) is 4.74 Å². The van der Waals surface area contributed by atoms with Gasteiger partial charge in [-0.15, -0.1) is 24.0 Å². The zero-order valence-electron chi connectivity index (χ0n) is 16.6. The van der Waals surface area contributed by atoms with Crippen LogP contribution in [0.2, 0.25) is 0 Å². The molecule has 0 aromatic carbocycles. The number of ether oxygens (including phenoxy) is 1. The third-order valence-electron chi connectivity index (χ3n) is 4.85. The molecule has 2 saturated heterocycles. The number of nitrogens with one attached hydrogen (secondary N) is 1. The van der Waals surface area contributed by atoms with Gasteiger partial charge in [-0.1, -0.05) is 6.92 Å². The smallest absolute Gasteiger partial charge is 0.409 e. The summed E-state index contributed by atoms with van der Waals surface area (Å²) in [6.45, 7) is 14.9. The van der Waals surface area contributed by atoms with Crippen LogP contribution in [0.1, 0.15) is 33.6 Å². The van der Waals surface area contributed by atoms with Crippen molar-refractivity contribution in [3.05, 3.63) is 0 Å². The van der Waals surface area contributed by atoms with Gasteiger partial charge in [-0.2, -0.15) is 0 Å². The molecule has 0 radical (unpaired) electrons. The maximum atomic E-state index is 11.8. The first-order valence-corrected chi connectivity index (χ1v) is 9.85. The molecule has 2 heterocycles. The van der Waals surface area contributed by atoms with Crippen molar-refractivity contribution in [2.75, 3.05) is 65.5 Å². The van der Waals surface area contributed by atoms with E-state index in [-0.39, 0.29) is 30.1 Å². The van der Waals surface area contributed by atoms with E-state index in [4.69, 9.17) is 9.73 Å².